The van der Waals surface area contributed by atoms with Crippen molar-refractivity contribution in [3.05, 3.63) is 85.8 Å². The maximum atomic E-state index is 15.0. The van der Waals surface area contributed by atoms with Gasteiger partial charge in [0.05, 0.1) is 23.8 Å². The Labute approximate surface area is 245 Å². The predicted molar refractivity (Wildman–Crippen MR) is 155 cm³/mol. The van der Waals surface area contributed by atoms with Gasteiger partial charge in [0.15, 0.2) is 0 Å². The topological polar surface area (TPSA) is 111 Å². The van der Waals surface area contributed by atoms with Crippen LogP contribution in [0.15, 0.2) is 53.9 Å². The molecule has 0 radical (unpaired) electrons. The zero-order valence-electron chi connectivity index (χ0n) is 21.5. The second-order valence-corrected chi connectivity index (χ2v) is 12.1. The number of amides is 2. The molecule has 2 aliphatic rings. The second-order valence-electron chi connectivity index (χ2n) is 10.3. The van der Waals surface area contributed by atoms with Gasteiger partial charge in [-0.2, -0.15) is 0 Å². The third-order valence-corrected chi connectivity index (χ3v) is 9.32. The Bertz CT molecular complexity index is 1390. The van der Waals surface area contributed by atoms with Crippen LogP contribution >= 0.6 is 34.5 Å². The van der Waals surface area contributed by atoms with Crippen LogP contribution < -0.4 is 16.0 Å². The van der Waals surface area contributed by atoms with Crippen molar-refractivity contribution in [3.63, 3.8) is 0 Å². The van der Waals surface area contributed by atoms with Crippen molar-refractivity contribution in [3.8, 4) is 0 Å². The first-order valence-electron chi connectivity index (χ1n) is 13.2. The molecule has 1 spiro atoms. The Morgan fingerprint density at radius 3 is 2.75 bits per heavy atom. The fourth-order valence-corrected chi connectivity index (χ4v) is 7.22. The molecule has 11 heteroatoms. The molecule has 5 atom stereocenters. The summed E-state index contributed by atoms with van der Waals surface area (Å²) in [5, 5.41) is 30.5. The summed E-state index contributed by atoms with van der Waals surface area (Å²) < 4.78 is 15.0. The number of hydrogen-bond donors (Lipinski definition) is 5. The highest BCUT2D eigenvalue weighted by Gasteiger charge is 2.65. The number of nitrogens with one attached hydrogen (secondary N) is 3. The number of carbonyl (C=O) groups excluding carboxylic acids is 2. The second kappa shape index (κ2) is 12.1. The number of aliphatic hydroxyl groups excluding tert-OH is 2. The normalized spacial score (nSPS) is 24.2. The number of carbonyl (C=O) groups is 2. The number of anilines is 1. The van der Waals surface area contributed by atoms with Gasteiger partial charge in [0.1, 0.15) is 11.2 Å². The number of aliphatic hydroxyl groups is 2. The van der Waals surface area contributed by atoms with E-state index in [0.717, 1.165) is 12.8 Å². The first-order valence-corrected chi connectivity index (χ1v) is 14.8. The summed E-state index contributed by atoms with van der Waals surface area (Å²) in [6, 6.07) is 12.4. The minimum Gasteiger partial charge on any atom is -0.394 e. The fraction of sp³-hybridized carbons (Fsp3) is 0.379. The van der Waals surface area contributed by atoms with Crippen LogP contribution in [0.25, 0.3) is 0 Å². The van der Waals surface area contributed by atoms with Gasteiger partial charge in [0, 0.05) is 34.1 Å². The van der Waals surface area contributed by atoms with Crippen molar-refractivity contribution in [1.29, 1.82) is 0 Å². The molecule has 212 valence electrons. The van der Waals surface area contributed by atoms with Crippen molar-refractivity contribution in [2.24, 2.45) is 0 Å². The molecule has 3 aromatic rings. The highest BCUT2D eigenvalue weighted by atomic mass is 35.5. The Hall–Kier alpha value is -2.53. The van der Waals surface area contributed by atoms with E-state index in [2.05, 4.69) is 22.0 Å². The fourth-order valence-electron chi connectivity index (χ4n) is 6.11. The molecular weight excluding hydrogens is 576 g/mol. The van der Waals surface area contributed by atoms with Gasteiger partial charge in [0.25, 0.3) is 0 Å². The van der Waals surface area contributed by atoms with Gasteiger partial charge >= 0.3 is 0 Å². The van der Waals surface area contributed by atoms with Crippen molar-refractivity contribution in [2.45, 2.75) is 55.2 Å². The number of fused-ring (bicyclic) bond motifs is 2. The number of halogens is 3. The Kier molecular flexibility index (Phi) is 8.80. The molecule has 3 heterocycles. The Morgan fingerprint density at radius 2 is 2.02 bits per heavy atom. The van der Waals surface area contributed by atoms with Crippen molar-refractivity contribution in [2.75, 3.05) is 18.5 Å². The monoisotopic (exact) mass is 605 g/mol. The van der Waals surface area contributed by atoms with Crippen LogP contribution in [0.5, 0.6) is 0 Å². The Morgan fingerprint density at radius 1 is 1.20 bits per heavy atom. The van der Waals surface area contributed by atoms with Crippen molar-refractivity contribution in [1.82, 2.24) is 10.6 Å². The van der Waals surface area contributed by atoms with Crippen LogP contribution in [0.2, 0.25) is 10.0 Å². The lowest BCUT2D eigenvalue weighted by Gasteiger charge is -2.35. The molecule has 5 N–H and O–H groups in total. The number of thiophene rings is 1. The minimum absolute atomic E-state index is 0.104. The quantitative estimate of drug-likeness (QED) is 0.235. The van der Waals surface area contributed by atoms with E-state index in [0.29, 0.717) is 28.3 Å². The summed E-state index contributed by atoms with van der Waals surface area (Å²) in [6.07, 6.45) is 1.28. The molecular formula is C29H30Cl2FN3O4S. The largest absolute Gasteiger partial charge is 0.394 e. The van der Waals surface area contributed by atoms with Crippen LogP contribution in [0, 0.1) is 5.82 Å². The average molecular weight is 607 g/mol. The molecule has 2 amide bonds. The van der Waals surface area contributed by atoms with Crippen LogP contribution in [0.3, 0.4) is 0 Å². The lowest BCUT2D eigenvalue weighted by atomic mass is 9.64. The predicted octanol–water partition coefficient (Wildman–Crippen LogP) is 4.39. The molecule has 40 heavy (non-hydrogen) atoms. The molecule has 1 fully saturated rings. The van der Waals surface area contributed by atoms with Crippen LogP contribution in [-0.4, -0.2) is 53.4 Å². The van der Waals surface area contributed by atoms with E-state index < -0.39 is 41.9 Å². The summed E-state index contributed by atoms with van der Waals surface area (Å²) >= 11 is 14.1. The molecule has 7 nitrogen and oxygen atoms in total. The molecule has 0 aliphatic carbocycles. The number of rotatable bonds is 10. The minimum atomic E-state index is -1.33. The first-order chi connectivity index (χ1) is 19.2. The molecule has 0 saturated carbocycles. The third kappa shape index (κ3) is 5.38. The van der Waals surface area contributed by atoms with Crippen molar-refractivity contribution >= 4 is 52.0 Å². The molecule has 2 aliphatic heterocycles. The molecule has 1 saturated heterocycles. The van der Waals surface area contributed by atoms with Crippen LogP contribution in [0.4, 0.5) is 10.1 Å². The maximum Gasteiger partial charge on any atom is 0.237 e. The first kappa shape index (κ1) is 29.0. The van der Waals surface area contributed by atoms with E-state index in [1.54, 1.807) is 29.5 Å². The van der Waals surface area contributed by atoms with E-state index in [-0.39, 0.29) is 29.8 Å². The zero-order chi connectivity index (χ0) is 28.4. The molecule has 1 aromatic heterocycles. The molecule has 0 unspecified atom stereocenters. The molecule has 5 rings (SSSR count). The van der Waals surface area contributed by atoms with Crippen molar-refractivity contribution < 1.29 is 24.2 Å². The van der Waals surface area contributed by atoms with E-state index in [1.807, 2.05) is 17.5 Å². The van der Waals surface area contributed by atoms with E-state index >= 15 is 0 Å². The average Bonchev–Trinajstić information content (AvgIpc) is 3.63. The van der Waals surface area contributed by atoms with Crippen LogP contribution in [0.1, 0.15) is 41.2 Å². The van der Waals surface area contributed by atoms with Gasteiger partial charge in [-0.3, -0.25) is 9.59 Å². The van der Waals surface area contributed by atoms with Gasteiger partial charge in [-0.15, -0.1) is 11.3 Å². The lowest BCUT2D eigenvalue weighted by Crippen LogP contribution is -2.48. The highest BCUT2D eigenvalue weighted by molar-refractivity contribution is 7.09. The summed E-state index contributed by atoms with van der Waals surface area (Å²) in [7, 11) is 0. The van der Waals surface area contributed by atoms with E-state index in [4.69, 9.17) is 28.3 Å². The standard InChI is InChI=1S/C29H30Cl2FN3O4S/c30-17-5-1-4-16(12-17)25-26(27(38)33-10-9-18(37)15-36)35-24(8-2-6-19-7-3-11-40-19)29(25)20-13-22(32)21(31)14-23(20)34-28(29)39/h1,3-5,7,11-14,18,24-26,35-37H,2,6,8-10,15H2,(H,33,38)(H,34,39)/t18-,24+,25-,26+,29-/m0/s1. The molecule has 0 bridgehead atoms. The van der Waals surface area contributed by atoms with E-state index in [1.165, 1.54) is 17.0 Å². The number of benzene rings is 2. The third-order valence-electron chi connectivity index (χ3n) is 7.86. The Balaban J connectivity index is 1.59. The summed E-state index contributed by atoms with van der Waals surface area (Å²) in [6.45, 7) is -0.284. The zero-order valence-corrected chi connectivity index (χ0v) is 23.8. The summed E-state index contributed by atoms with van der Waals surface area (Å²) in [5.41, 5.74) is 0.201. The summed E-state index contributed by atoms with van der Waals surface area (Å²) in [5.74, 6) is -2.09. The van der Waals surface area contributed by atoms with Gasteiger partial charge in [-0.25, -0.2) is 4.39 Å². The SMILES string of the molecule is O=C(NCC[C@H](O)CO)[C@@H]1N[C@H](CCCc2cccs2)[C@]2(C(=O)Nc3cc(Cl)c(F)cc32)[C@H]1c1cccc(Cl)c1. The van der Waals surface area contributed by atoms with Gasteiger partial charge in [0.2, 0.25) is 11.8 Å². The summed E-state index contributed by atoms with van der Waals surface area (Å²) in [4.78, 5) is 29.0. The smallest absolute Gasteiger partial charge is 0.237 e. The molecule has 2 aromatic carbocycles. The highest BCUT2D eigenvalue weighted by Crippen LogP contribution is 2.56. The number of aryl methyl sites for hydroxylation is 1. The van der Waals surface area contributed by atoms with E-state index in [9.17, 15) is 19.1 Å². The van der Waals surface area contributed by atoms with Gasteiger partial charge in [-0.05, 0) is 72.5 Å². The lowest BCUT2D eigenvalue weighted by molar-refractivity contribution is -0.124. The number of hydrogen-bond acceptors (Lipinski definition) is 6. The van der Waals surface area contributed by atoms with Gasteiger partial charge < -0.3 is 26.2 Å². The maximum absolute atomic E-state index is 15.0. The van der Waals surface area contributed by atoms with Gasteiger partial charge in [-0.1, -0.05) is 41.4 Å². The van der Waals surface area contributed by atoms with Crippen LogP contribution in [-0.2, 0) is 21.4 Å².